The highest BCUT2D eigenvalue weighted by Gasteiger charge is 2.24. The summed E-state index contributed by atoms with van der Waals surface area (Å²) in [6, 6.07) is 6.71. The zero-order valence-electron chi connectivity index (χ0n) is 17.8. The summed E-state index contributed by atoms with van der Waals surface area (Å²) >= 11 is 0.866. The number of nitrogens with one attached hydrogen (secondary N) is 2. The largest absolute Gasteiger partial charge is 0.382 e. The maximum absolute atomic E-state index is 14.0. The van der Waals surface area contributed by atoms with Crippen molar-refractivity contribution in [1.82, 2.24) is 20.2 Å². The molecule has 11 heteroatoms. The van der Waals surface area contributed by atoms with Gasteiger partial charge in [0.1, 0.15) is 28.0 Å². The highest BCUT2D eigenvalue weighted by molar-refractivity contribution is 7.18. The Morgan fingerprint density at radius 2 is 2.00 bits per heavy atom. The van der Waals surface area contributed by atoms with E-state index in [1.54, 1.807) is 12.1 Å². The van der Waals surface area contributed by atoms with Crippen molar-refractivity contribution >= 4 is 39.7 Å². The molecule has 1 aliphatic rings. The second kappa shape index (κ2) is 9.59. The Labute approximate surface area is 192 Å². The lowest BCUT2D eigenvalue weighted by atomic mass is 10.1. The van der Waals surface area contributed by atoms with Gasteiger partial charge in [-0.1, -0.05) is 17.4 Å². The summed E-state index contributed by atoms with van der Waals surface area (Å²) in [7, 11) is 2.04. The van der Waals surface area contributed by atoms with Gasteiger partial charge in [0.05, 0.1) is 17.4 Å². The molecule has 1 aromatic carbocycles. The monoisotopic (exact) mass is 472 g/mol. The summed E-state index contributed by atoms with van der Waals surface area (Å²) in [6.45, 7) is 1.60. The van der Waals surface area contributed by atoms with E-state index < -0.39 is 23.0 Å². The van der Waals surface area contributed by atoms with Crippen LogP contribution in [0.3, 0.4) is 0 Å². The third-order valence-electron chi connectivity index (χ3n) is 5.47. The van der Waals surface area contributed by atoms with Crippen LogP contribution in [0.5, 0.6) is 0 Å². The number of halogens is 2. The molecule has 1 fully saturated rings. The number of benzene rings is 1. The van der Waals surface area contributed by atoms with Crippen molar-refractivity contribution in [2.24, 2.45) is 0 Å². The number of hydrogen-bond donors (Lipinski definition) is 3. The van der Waals surface area contributed by atoms with Crippen LogP contribution >= 0.6 is 11.3 Å². The average molecular weight is 473 g/mol. The van der Waals surface area contributed by atoms with Gasteiger partial charge in [0.15, 0.2) is 5.13 Å². The number of nitrogens with two attached hydrogens (primary N) is 1. The first kappa shape index (κ1) is 22.7. The van der Waals surface area contributed by atoms with Crippen LogP contribution in [-0.2, 0) is 0 Å². The highest BCUT2D eigenvalue weighted by Crippen LogP contribution is 2.30. The number of ketones is 1. The van der Waals surface area contributed by atoms with Crippen molar-refractivity contribution in [3.63, 3.8) is 0 Å². The van der Waals surface area contributed by atoms with Crippen LogP contribution < -0.4 is 16.4 Å². The highest BCUT2D eigenvalue weighted by atomic mass is 32.1. The molecule has 0 bridgehead atoms. The van der Waals surface area contributed by atoms with Gasteiger partial charge in [-0.3, -0.25) is 9.59 Å². The third kappa shape index (κ3) is 4.99. The van der Waals surface area contributed by atoms with Gasteiger partial charge < -0.3 is 21.3 Å². The summed E-state index contributed by atoms with van der Waals surface area (Å²) in [6.07, 6.45) is 3.63. The molecule has 0 aliphatic carbocycles. The molecular formula is C22H22F2N6O2S. The topological polar surface area (TPSA) is 113 Å². The van der Waals surface area contributed by atoms with Crippen molar-refractivity contribution in [2.45, 2.75) is 18.9 Å². The molecule has 0 saturated carbocycles. The average Bonchev–Trinajstić information content (AvgIpc) is 3.37. The van der Waals surface area contributed by atoms with E-state index in [0.717, 1.165) is 42.9 Å². The van der Waals surface area contributed by atoms with Gasteiger partial charge in [-0.15, -0.1) is 0 Å². The maximum atomic E-state index is 14.0. The zero-order chi connectivity index (χ0) is 23.5. The molecule has 2 aromatic heterocycles. The Hall–Kier alpha value is -3.44. The van der Waals surface area contributed by atoms with Gasteiger partial charge in [0, 0.05) is 12.6 Å². The first-order chi connectivity index (χ1) is 15.8. The van der Waals surface area contributed by atoms with Crippen molar-refractivity contribution < 1.29 is 18.4 Å². The molecule has 172 valence electrons. The molecule has 1 saturated heterocycles. The number of thiazole rings is 1. The number of pyridine rings is 1. The number of likely N-dealkylation sites (N-methyl/N-ethyl adjacent to an activating group) is 1. The lowest BCUT2D eigenvalue weighted by Gasteiger charge is -2.19. The number of amides is 1. The van der Waals surface area contributed by atoms with Gasteiger partial charge in [-0.2, -0.15) is 0 Å². The molecule has 3 heterocycles. The van der Waals surface area contributed by atoms with E-state index in [-0.39, 0.29) is 27.4 Å². The van der Waals surface area contributed by atoms with Crippen LogP contribution in [0.25, 0.3) is 0 Å². The Morgan fingerprint density at radius 3 is 2.64 bits per heavy atom. The summed E-state index contributed by atoms with van der Waals surface area (Å²) < 4.78 is 27.9. The van der Waals surface area contributed by atoms with Gasteiger partial charge in [-0.05, 0) is 50.7 Å². The number of likely N-dealkylation sites (tertiary alicyclic amines) is 1. The van der Waals surface area contributed by atoms with E-state index in [9.17, 15) is 18.4 Å². The smallest absolute Gasteiger partial charge is 0.269 e. The number of rotatable bonds is 7. The quantitative estimate of drug-likeness (QED) is 0.453. The Balaban J connectivity index is 1.41. The molecule has 0 unspecified atom stereocenters. The van der Waals surface area contributed by atoms with Crippen LogP contribution in [-0.4, -0.2) is 52.7 Å². The first-order valence-corrected chi connectivity index (χ1v) is 11.1. The standard InChI is InChI=1S/C22H22F2N6O2S/c1-30-9-3-4-13(30)11-27-21(32)16-8-7-12(10-26-16)28-22-29-20(25)19(33-22)18(31)17-14(23)5-2-6-15(17)24/h2,5-8,10,13H,3-4,9,11,25H2,1H3,(H,27,32)(H,28,29)/t13-/m0/s1. The van der Waals surface area contributed by atoms with E-state index in [1.807, 2.05) is 7.05 Å². The van der Waals surface area contributed by atoms with Gasteiger partial charge in [0.25, 0.3) is 5.91 Å². The minimum atomic E-state index is -0.972. The Bertz CT molecular complexity index is 1160. The van der Waals surface area contributed by atoms with Crippen LogP contribution in [0.1, 0.15) is 38.6 Å². The summed E-state index contributed by atoms with van der Waals surface area (Å²) in [5.74, 6) is -3.23. The predicted molar refractivity (Wildman–Crippen MR) is 122 cm³/mol. The molecule has 0 radical (unpaired) electrons. The van der Waals surface area contributed by atoms with Crippen molar-refractivity contribution in [3.05, 3.63) is 64.3 Å². The Morgan fingerprint density at radius 1 is 1.24 bits per heavy atom. The summed E-state index contributed by atoms with van der Waals surface area (Å²) in [5, 5.41) is 6.08. The molecule has 4 rings (SSSR count). The third-order valence-corrected chi connectivity index (χ3v) is 6.45. The van der Waals surface area contributed by atoms with E-state index in [1.165, 1.54) is 12.3 Å². The van der Waals surface area contributed by atoms with Gasteiger partial charge in [0.2, 0.25) is 5.78 Å². The van der Waals surface area contributed by atoms with Crippen molar-refractivity contribution in [1.29, 1.82) is 0 Å². The predicted octanol–water partition coefficient (Wildman–Crippen LogP) is 3.20. The number of nitrogen functional groups attached to an aromatic ring is 1. The minimum Gasteiger partial charge on any atom is -0.382 e. The van der Waals surface area contributed by atoms with E-state index in [0.29, 0.717) is 18.3 Å². The number of anilines is 3. The van der Waals surface area contributed by atoms with E-state index in [4.69, 9.17) is 5.73 Å². The fourth-order valence-electron chi connectivity index (χ4n) is 3.64. The molecule has 0 spiro atoms. The molecule has 3 aromatic rings. The Kier molecular flexibility index (Phi) is 6.61. The van der Waals surface area contributed by atoms with E-state index >= 15 is 0 Å². The first-order valence-electron chi connectivity index (χ1n) is 10.3. The number of nitrogens with zero attached hydrogens (tertiary/aromatic N) is 3. The molecule has 33 heavy (non-hydrogen) atoms. The van der Waals surface area contributed by atoms with Gasteiger partial charge in [-0.25, -0.2) is 18.7 Å². The van der Waals surface area contributed by atoms with Crippen LogP contribution in [0, 0.1) is 11.6 Å². The molecule has 8 nitrogen and oxygen atoms in total. The maximum Gasteiger partial charge on any atom is 0.269 e. The van der Waals surface area contributed by atoms with Crippen molar-refractivity contribution in [3.8, 4) is 0 Å². The van der Waals surface area contributed by atoms with E-state index in [2.05, 4.69) is 25.5 Å². The number of carbonyl (C=O) groups excluding carboxylic acids is 2. The lowest BCUT2D eigenvalue weighted by molar-refractivity contribution is 0.0938. The van der Waals surface area contributed by atoms with Crippen molar-refractivity contribution in [2.75, 3.05) is 31.2 Å². The molecular weight excluding hydrogens is 450 g/mol. The van der Waals surface area contributed by atoms with Gasteiger partial charge >= 0.3 is 0 Å². The number of carbonyl (C=O) groups is 2. The molecule has 1 atom stereocenters. The van der Waals surface area contributed by atoms with Crippen LogP contribution in [0.2, 0.25) is 0 Å². The SMILES string of the molecule is CN1CCC[C@H]1CNC(=O)c1ccc(Nc2nc(N)c(C(=O)c3c(F)cccc3F)s2)cn1. The van der Waals surface area contributed by atoms with Crippen LogP contribution in [0.15, 0.2) is 36.5 Å². The number of aromatic nitrogens is 2. The molecule has 1 aliphatic heterocycles. The summed E-state index contributed by atoms with van der Waals surface area (Å²) in [5.41, 5.74) is 5.91. The summed E-state index contributed by atoms with van der Waals surface area (Å²) in [4.78, 5) is 35.3. The van der Waals surface area contributed by atoms with Crippen LogP contribution in [0.4, 0.5) is 25.4 Å². The molecule has 1 amide bonds. The lowest BCUT2D eigenvalue weighted by Crippen LogP contribution is -2.38. The fraction of sp³-hybridized carbons (Fsp3) is 0.273. The second-order valence-electron chi connectivity index (χ2n) is 7.70. The molecule has 4 N–H and O–H groups in total. The minimum absolute atomic E-state index is 0.0812. The fourth-order valence-corrected chi connectivity index (χ4v) is 4.49. The second-order valence-corrected chi connectivity index (χ2v) is 8.70. The number of hydrogen-bond acceptors (Lipinski definition) is 8. The zero-order valence-corrected chi connectivity index (χ0v) is 18.6. The normalized spacial score (nSPS) is 16.0.